The standard InChI is InChI=1S/C18H14FN3O6/c1-10(27-18(23)14-8-7-13(26-2)9-15(14)19)16-20-21-17(28-16)11-3-5-12(6-4-11)22(24)25/h3-10H,1-2H3/t10-/m1/s1. The molecule has 0 unspecified atom stereocenters. The van der Waals surface area contributed by atoms with Crippen molar-refractivity contribution in [3.63, 3.8) is 0 Å². The van der Waals surface area contributed by atoms with Gasteiger partial charge in [-0.15, -0.1) is 10.2 Å². The molecular formula is C18H14FN3O6. The summed E-state index contributed by atoms with van der Waals surface area (Å²) in [5.74, 6) is -1.32. The fourth-order valence-corrected chi connectivity index (χ4v) is 2.30. The van der Waals surface area contributed by atoms with Crippen molar-refractivity contribution in [1.82, 2.24) is 10.2 Å². The van der Waals surface area contributed by atoms with Crippen LogP contribution in [-0.4, -0.2) is 28.2 Å². The molecule has 3 aromatic rings. The summed E-state index contributed by atoms with van der Waals surface area (Å²) in [5.41, 5.74) is 0.124. The van der Waals surface area contributed by atoms with E-state index in [1.165, 1.54) is 50.4 Å². The first-order chi connectivity index (χ1) is 13.4. The summed E-state index contributed by atoms with van der Waals surface area (Å²) in [4.78, 5) is 22.3. The molecule has 144 valence electrons. The molecule has 28 heavy (non-hydrogen) atoms. The lowest BCUT2D eigenvalue weighted by atomic mass is 10.2. The lowest BCUT2D eigenvalue weighted by molar-refractivity contribution is -0.384. The molecule has 2 aromatic carbocycles. The van der Waals surface area contributed by atoms with E-state index in [0.717, 1.165) is 6.07 Å². The second-order valence-corrected chi connectivity index (χ2v) is 5.64. The molecule has 0 aliphatic heterocycles. The SMILES string of the molecule is COc1ccc(C(=O)O[C@H](C)c2nnc(-c3ccc([N+](=O)[O-])cc3)o2)c(F)c1. The third kappa shape index (κ3) is 3.95. The van der Waals surface area contributed by atoms with Crippen LogP contribution in [0.4, 0.5) is 10.1 Å². The quantitative estimate of drug-likeness (QED) is 0.357. The molecule has 0 bridgehead atoms. The van der Waals surface area contributed by atoms with Crippen LogP contribution >= 0.6 is 0 Å². The van der Waals surface area contributed by atoms with Crippen LogP contribution in [0.3, 0.4) is 0 Å². The molecule has 0 saturated heterocycles. The number of rotatable bonds is 6. The molecular weight excluding hydrogens is 373 g/mol. The number of halogens is 1. The van der Waals surface area contributed by atoms with Gasteiger partial charge in [0.25, 0.3) is 11.6 Å². The van der Waals surface area contributed by atoms with E-state index >= 15 is 0 Å². The Bertz CT molecular complexity index is 1020. The predicted octanol–water partition coefficient (Wildman–Crippen LogP) is 3.71. The van der Waals surface area contributed by atoms with E-state index in [1.54, 1.807) is 0 Å². The first kappa shape index (κ1) is 19.0. The summed E-state index contributed by atoms with van der Waals surface area (Å²) in [6, 6.07) is 9.27. The monoisotopic (exact) mass is 387 g/mol. The highest BCUT2D eigenvalue weighted by atomic mass is 19.1. The average molecular weight is 387 g/mol. The highest BCUT2D eigenvalue weighted by molar-refractivity contribution is 5.90. The van der Waals surface area contributed by atoms with Gasteiger partial charge in [0, 0.05) is 23.8 Å². The summed E-state index contributed by atoms with van der Waals surface area (Å²) in [6.45, 7) is 1.49. The number of carbonyl (C=O) groups is 1. The summed E-state index contributed by atoms with van der Waals surface area (Å²) >= 11 is 0. The van der Waals surface area contributed by atoms with Crippen LogP contribution in [0, 0.1) is 15.9 Å². The molecule has 0 aliphatic rings. The van der Waals surface area contributed by atoms with Crippen molar-refractivity contribution in [1.29, 1.82) is 0 Å². The summed E-state index contributed by atoms with van der Waals surface area (Å²) in [5, 5.41) is 18.3. The number of hydrogen-bond donors (Lipinski definition) is 0. The maximum atomic E-state index is 14.0. The molecule has 0 saturated carbocycles. The van der Waals surface area contributed by atoms with Crippen molar-refractivity contribution in [2.45, 2.75) is 13.0 Å². The number of non-ortho nitro benzene ring substituents is 1. The van der Waals surface area contributed by atoms with Gasteiger partial charge in [-0.05, 0) is 31.2 Å². The molecule has 0 N–H and O–H groups in total. The van der Waals surface area contributed by atoms with Gasteiger partial charge in [0.2, 0.25) is 5.89 Å². The molecule has 9 nitrogen and oxygen atoms in total. The van der Waals surface area contributed by atoms with Gasteiger partial charge in [0.1, 0.15) is 11.6 Å². The smallest absolute Gasteiger partial charge is 0.341 e. The Hall–Kier alpha value is -3.82. The number of ether oxygens (including phenoxy) is 2. The minimum atomic E-state index is -0.937. The number of benzene rings is 2. The zero-order valence-corrected chi connectivity index (χ0v) is 14.8. The Kier molecular flexibility index (Phi) is 5.30. The van der Waals surface area contributed by atoms with Crippen LogP contribution in [0.1, 0.15) is 29.3 Å². The molecule has 10 heteroatoms. The van der Waals surface area contributed by atoms with Crippen molar-refractivity contribution in [3.8, 4) is 17.2 Å². The van der Waals surface area contributed by atoms with Crippen LogP contribution in [0.15, 0.2) is 46.9 Å². The van der Waals surface area contributed by atoms with Crippen LogP contribution < -0.4 is 4.74 Å². The molecule has 1 atom stereocenters. The number of nitro benzene ring substituents is 1. The Morgan fingerprint density at radius 2 is 1.93 bits per heavy atom. The van der Waals surface area contributed by atoms with Gasteiger partial charge < -0.3 is 13.9 Å². The predicted molar refractivity (Wildman–Crippen MR) is 93.2 cm³/mol. The minimum Gasteiger partial charge on any atom is -0.497 e. The second kappa shape index (κ2) is 7.82. The first-order valence-electron chi connectivity index (χ1n) is 8.01. The van der Waals surface area contributed by atoms with Crippen LogP contribution in [0.25, 0.3) is 11.5 Å². The van der Waals surface area contributed by atoms with Gasteiger partial charge in [-0.1, -0.05) is 0 Å². The van der Waals surface area contributed by atoms with E-state index in [2.05, 4.69) is 10.2 Å². The topological polar surface area (TPSA) is 118 Å². The van der Waals surface area contributed by atoms with Crippen molar-refractivity contribution in [2.24, 2.45) is 0 Å². The molecule has 1 heterocycles. The first-order valence-corrected chi connectivity index (χ1v) is 8.01. The largest absolute Gasteiger partial charge is 0.497 e. The van der Waals surface area contributed by atoms with E-state index in [0.29, 0.717) is 5.56 Å². The maximum absolute atomic E-state index is 14.0. The number of nitrogens with zero attached hydrogens (tertiary/aromatic N) is 3. The second-order valence-electron chi connectivity index (χ2n) is 5.64. The zero-order chi connectivity index (χ0) is 20.3. The van der Waals surface area contributed by atoms with Gasteiger partial charge in [-0.25, -0.2) is 9.18 Å². The highest BCUT2D eigenvalue weighted by Crippen LogP contribution is 2.25. The number of nitro groups is 1. The van der Waals surface area contributed by atoms with Gasteiger partial charge in [-0.3, -0.25) is 10.1 Å². The normalized spacial score (nSPS) is 11.7. The Balaban J connectivity index is 1.72. The molecule has 0 fully saturated rings. The number of methoxy groups -OCH3 is 1. The summed E-state index contributed by atoms with van der Waals surface area (Å²) < 4.78 is 29.5. The van der Waals surface area contributed by atoms with Crippen LogP contribution in [0.2, 0.25) is 0 Å². The Morgan fingerprint density at radius 1 is 1.21 bits per heavy atom. The van der Waals surface area contributed by atoms with Crippen molar-refractivity contribution in [3.05, 3.63) is 69.9 Å². The van der Waals surface area contributed by atoms with Gasteiger partial charge in [0.15, 0.2) is 6.10 Å². The van der Waals surface area contributed by atoms with E-state index in [9.17, 15) is 19.3 Å². The molecule has 0 amide bonds. The highest BCUT2D eigenvalue weighted by Gasteiger charge is 2.22. The molecule has 0 spiro atoms. The van der Waals surface area contributed by atoms with E-state index in [4.69, 9.17) is 13.9 Å². The fourth-order valence-electron chi connectivity index (χ4n) is 2.30. The average Bonchev–Trinajstić information content (AvgIpc) is 3.18. The molecule has 1 aromatic heterocycles. The van der Waals surface area contributed by atoms with Gasteiger partial charge >= 0.3 is 5.97 Å². The van der Waals surface area contributed by atoms with Gasteiger partial charge in [0.05, 0.1) is 17.6 Å². The third-order valence-electron chi connectivity index (χ3n) is 3.79. The number of aromatic nitrogens is 2. The minimum absolute atomic E-state index is 0.00405. The maximum Gasteiger partial charge on any atom is 0.341 e. The molecule has 3 rings (SSSR count). The van der Waals surface area contributed by atoms with Crippen molar-refractivity contribution < 1.29 is 28.0 Å². The fraction of sp³-hybridized carbons (Fsp3) is 0.167. The van der Waals surface area contributed by atoms with Crippen molar-refractivity contribution >= 4 is 11.7 Å². The number of esters is 1. The third-order valence-corrected chi connectivity index (χ3v) is 3.79. The lowest BCUT2D eigenvalue weighted by Gasteiger charge is -2.10. The van der Waals surface area contributed by atoms with Crippen molar-refractivity contribution in [2.75, 3.05) is 7.11 Å². The van der Waals surface area contributed by atoms with E-state index < -0.39 is 22.8 Å². The van der Waals surface area contributed by atoms with E-state index in [1.807, 2.05) is 0 Å². The van der Waals surface area contributed by atoms with Gasteiger partial charge in [-0.2, -0.15) is 0 Å². The zero-order valence-electron chi connectivity index (χ0n) is 14.8. The number of carbonyl (C=O) groups excluding carboxylic acids is 1. The Labute approximate surface area is 157 Å². The molecule has 0 aliphatic carbocycles. The Morgan fingerprint density at radius 3 is 2.54 bits per heavy atom. The summed E-state index contributed by atoms with van der Waals surface area (Å²) in [7, 11) is 1.38. The number of hydrogen-bond acceptors (Lipinski definition) is 8. The van der Waals surface area contributed by atoms with Crippen LogP contribution in [-0.2, 0) is 4.74 Å². The van der Waals surface area contributed by atoms with Crippen LogP contribution in [0.5, 0.6) is 5.75 Å². The molecule has 0 radical (unpaired) electrons. The summed E-state index contributed by atoms with van der Waals surface area (Å²) in [6.07, 6.45) is -0.937. The van der Waals surface area contributed by atoms with E-state index in [-0.39, 0.29) is 28.8 Å². The lowest BCUT2D eigenvalue weighted by Crippen LogP contribution is -2.11.